The molecule has 1 N–H and O–H groups in total. The highest BCUT2D eigenvalue weighted by Gasteiger charge is 2.32. The van der Waals surface area contributed by atoms with E-state index < -0.39 is 23.7 Å². The van der Waals surface area contributed by atoms with E-state index in [1.807, 2.05) is 0 Å². The van der Waals surface area contributed by atoms with Crippen LogP contribution in [0.4, 0.5) is 13.2 Å². The number of piperidine rings is 1. The lowest BCUT2D eigenvalue weighted by Gasteiger charge is -2.32. The molecule has 2 rings (SSSR count). The number of nitrogens with one attached hydrogen (secondary N) is 1. The van der Waals surface area contributed by atoms with Crippen LogP contribution in [0.2, 0.25) is 0 Å². The van der Waals surface area contributed by atoms with Crippen molar-refractivity contribution in [2.24, 2.45) is 0 Å². The molecular formula is C16H19F3N2O3. The van der Waals surface area contributed by atoms with E-state index in [1.54, 1.807) is 6.07 Å². The summed E-state index contributed by atoms with van der Waals surface area (Å²) < 4.78 is 43.0. The molecule has 1 fully saturated rings. The molecule has 1 atom stereocenters. The zero-order chi connectivity index (χ0) is 17.7. The lowest BCUT2D eigenvalue weighted by Crippen LogP contribution is -2.52. The number of hydrogen-bond acceptors (Lipinski definition) is 3. The molecule has 8 heteroatoms. The molecular weight excluding hydrogens is 325 g/mol. The number of hydrogen-bond donors (Lipinski definition) is 1. The Bertz CT molecular complexity index is 604. The largest absolute Gasteiger partial charge is 0.416 e. The summed E-state index contributed by atoms with van der Waals surface area (Å²) in [6.45, 7) is 0.391. The van der Waals surface area contributed by atoms with Crippen LogP contribution >= 0.6 is 0 Å². The third-order valence-electron chi connectivity index (χ3n) is 3.77. The molecule has 1 aliphatic rings. The Morgan fingerprint density at radius 2 is 2.17 bits per heavy atom. The van der Waals surface area contributed by atoms with Crippen molar-refractivity contribution in [1.29, 1.82) is 0 Å². The zero-order valence-corrected chi connectivity index (χ0v) is 13.2. The van der Waals surface area contributed by atoms with Crippen molar-refractivity contribution in [3.8, 4) is 0 Å². The van der Waals surface area contributed by atoms with E-state index in [4.69, 9.17) is 4.74 Å². The quantitative estimate of drug-likeness (QED) is 0.888. The van der Waals surface area contributed by atoms with Gasteiger partial charge in [-0.2, -0.15) is 13.2 Å². The van der Waals surface area contributed by atoms with E-state index >= 15 is 0 Å². The van der Waals surface area contributed by atoms with Gasteiger partial charge in [0.05, 0.1) is 5.56 Å². The third-order valence-corrected chi connectivity index (χ3v) is 3.77. The number of benzene rings is 1. The Morgan fingerprint density at radius 3 is 2.83 bits per heavy atom. The van der Waals surface area contributed by atoms with Crippen molar-refractivity contribution >= 4 is 11.8 Å². The summed E-state index contributed by atoms with van der Waals surface area (Å²) in [6, 6.07) is 4.25. The van der Waals surface area contributed by atoms with Gasteiger partial charge in [-0.1, -0.05) is 12.1 Å². The predicted octanol–water partition coefficient (Wildman–Crippen LogP) is 1.96. The minimum atomic E-state index is -4.42. The second-order valence-electron chi connectivity index (χ2n) is 5.65. The summed E-state index contributed by atoms with van der Waals surface area (Å²) in [7, 11) is 1.38. The van der Waals surface area contributed by atoms with E-state index in [9.17, 15) is 22.8 Å². The molecule has 0 saturated carbocycles. The van der Waals surface area contributed by atoms with Crippen LogP contribution in [0.1, 0.15) is 24.0 Å². The van der Waals surface area contributed by atoms with Gasteiger partial charge < -0.3 is 15.0 Å². The van der Waals surface area contributed by atoms with Crippen molar-refractivity contribution < 1.29 is 27.5 Å². The van der Waals surface area contributed by atoms with Gasteiger partial charge in [-0.15, -0.1) is 0 Å². The van der Waals surface area contributed by atoms with Crippen molar-refractivity contribution in [1.82, 2.24) is 10.2 Å². The molecule has 1 aromatic rings. The maximum absolute atomic E-state index is 12.8. The SMILES string of the molecule is COCC(=O)N[C@H]1CCCN(Cc2cccc(C(F)(F)F)c2)C1=O. The molecule has 5 nitrogen and oxygen atoms in total. The van der Waals surface area contributed by atoms with Crippen LogP contribution in [0.15, 0.2) is 24.3 Å². The zero-order valence-electron chi connectivity index (χ0n) is 13.2. The van der Waals surface area contributed by atoms with E-state index in [2.05, 4.69) is 5.32 Å². The minimum absolute atomic E-state index is 0.0827. The van der Waals surface area contributed by atoms with Gasteiger partial charge in [0, 0.05) is 20.2 Å². The average Bonchev–Trinajstić information content (AvgIpc) is 2.51. The van der Waals surface area contributed by atoms with Crippen LogP contribution in [0, 0.1) is 0 Å². The smallest absolute Gasteiger partial charge is 0.375 e. The number of carbonyl (C=O) groups excluding carboxylic acids is 2. The Labute approximate surface area is 137 Å². The molecule has 0 aliphatic carbocycles. The standard InChI is InChI=1S/C16H19F3N2O3/c1-24-10-14(22)20-13-6-3-7-21(15(13)23)9-11-4-2-5-12(8-11)16(17,18)19/h2,4-5,8,13H,3,6-7,9-10H2,1H3,(H,20,22)/t13-/m0/s1. The number of likely N-dealkylation sites (tertiary alicyclic amines) is 1. The molecule has 1 saturated heterocycles. The number of rotatable bonds is 5. The minimum Gasteiger partial charge on any atom is -0.375 e. The van der Waals surface area contributed by atoms with Gasteiger partial charge in [-0.3, -0.25) is 9.59 Å². The van der Waals surface area contributed by atoms with Gasteiger partial charge in [-0.25, -0.2) is 0 Å². The Hall–Kier alpha value is -2.09. The molecule has 24 heavy (non-hydrogen) atoms. The molecule has 1 aliphatic heterocycles. The first-order chi connectivity index (χ1) is 11.3. The number of amides is 2. The summed E-state index contributed by atoms with van der Waals surface area (Å²) in [5, 5.41) is 2.59. The number of alkyl halides is 3. The summed E-state index contributed by atoms with van der Waals surface area (Å²) in [5.74, 6) is -0.681. The predicted molar refractivity (Wildman–Crippen MR) is 79.9 cm³/mol. The van der Waals surface area contributed by atoms with Crippen LogP contribution in [0.25, 0.3) is 0 Å². The molecule has 132 valence electrons. The first-order valence-electron chi connectivity index (χ1n) is 7.54. The summed E-state index contributed by atoms with van der Waals surface area (Å²) in [5.41, 5.74) is -0.337. The fourth-order valence-electron chi connectivity index (χ4n) is 2.66. The van der Waals surface area contributed by atoms with Gasteiger partial charge in [0.2, 0.25) is 11.8 Å². The fraction of sp³-hybridized carbons (Fsp3) is 0.500. The molecule has 2 amide bonds. The first-order valence-corrected chi connectivity index (χ1v) is 7.54. The van der Waals surface area contributed by atoms with E-state index in [0.29, 0.717) is 24.9 Å². The summed E-state index contributed by atoms with van der Waals surface area (Å²) in [4.78, 5) is 25.4. The Kier molecular flexibility index (Phi) is 5.82. The van der Waals surface area contributed by atoms with Crippen molar-refractivity contribution in [2.75, 3.05) is 20.3 Å². The van der Waals surface area contributed by atoms with Gasteiger partial charge in [0.15, 0.2) is 0 Å². The number of ether oxygens (including phenoxy) is 1. The van der Waals surface area contributed by atoms with Crippen LogP contribution < -0.4 is 5.32 Å². The monoisotopic (exact) mass is 344 g/mol. The topological polar surface area (TPSA) is 58.6 Å². The lowest BCUT2D eigenvalue weighted by molar-refractivity contribution is -0.140. The number of halogens is 3. The molecule has 1 aromatic carbocycles. The van der Waals surface area contributed by atoms with Gasteiger partial charge in [-0.05, 0) is 30.5 Å². The van der Waals surface area contributed by atoms with E-state index in [0.717, 1.165) is 12.1 Å². The maximum Gasteiger partial charge on any atom is 0.416 e. The van der Waals surface area contributed by atoms with E-state index in [-0.39, 0.29) is 19.1 Å². The van der Waals surface area contributed by atoms with Gasteiger partial charge in [0.1, 0.15) is 12.6 Å². The van der Waals surface area contributed by atoms with E-state index in [1.165, 1.54) is 18.1 Å². The Morgan fingerprint density at radius 1 is 1.42 bits per heavy atom. The Balaban J connectivity index is 2.04. The average molecular weight is 344 g/mol. The third kappa shape index (κ3) is 4.70. The second-order valence-corrected chi connectivity index (χ2v) is 5.65. The summed E-state index contributed by atoms with van der Waals surface area (Å²) in [6.07, 6.45) is -3.24. The number of methoxy groups -OCH3 is 1. The molecule has 0 bridgehead atoms. The van der Waals surface area contributed by atoms with Gasteiger partial charge in [0.25, 0.3) is 0 Å². The van der Waals surface area contributed by atoms with Crippen LogP contribution in [0.5, 0.6) is 0 Å². The van der Waals surface area contributed by atoms with Crippen molar-refractivity contribution in [2.45, 2.75) is 31.6 Å². The fourth-order valence-corrected chi connectivity index (χ4v) is 2.66. The molecule has 1 heterocycles. The van der Waals surface area contributed by atoms with Gasteiger partial charge >= 0.3 is 6.18 Å². The maximum atomic E-state index is 12.8. The lowest BCUT2D eigenvalue weighted by atomic mass is 10.0. The first kappa shape index (κ1) is 18.3. The van der Waals surface area contributed by atoms with Crippen LogP contribution in [-0.4, -0.2) is 43.0 Å². The molecule has 0 aromatic heterocycles. The number of nitrogens with zero attached hydrogens (tertiary/aromatic N) is 1. The number of carbonyl (C=O) groups is 2. The second kappa shape index (κ2) is 7.65. The van der Waals surface area contributed by atoms with Crippen LogP contribution in [-0.2, 0) is 27.0 Å². The van der Waals surface area contributed by atoms with Crippen LogP contribution in [0.3, 0.4) is 0 Å². The molecule has 0 spiro atoms. The highest BCUT2D eigenvalue weighted by molar-refractivity contribution is 5.88. The van der Waals surface area contributed by atoms with Crippen molar-refractivity contribution in [3.63, 3.8) is 0 Å². The van der Waals surface area contributed by atoms with Crippen molar-refractivity contribution in [3.05, 3.63) is 35.4 Å². The molecule has 0 unspecified atom stereocenters. The summed E-state index contributed by atoms with van der Waals surface area (Å²) >= 11 is 0. The highest BCUT2D eigenvalue weighted by atomic mass is 19.4. The highest BCUT2D eigenvalue weighted by Crippen LogP contribution is 2.30. The molecule has 0 radical (unpaired) electrons. The normalized spacial score (nSPS) is 18.6.